The van der Waals surface area contributed by atoms with Crippen molar-refractivity contribution in [1.82, 2.24) is 0 Å². The first-order chi connectivity index (χ1) is 7.78. The van der Waals surface area contributed by atoms with Crippen molar-refractivity contribution in [3.05, 3.63) is 29.8 Å². The van der Waals surface area contributed by atoms with E-state index in [0.717, 1.165) is 5.75 Å². The van der Waals surface area contributed by atoms with Gasteiger partial charge in [-0.15, -0.1) is 12.4 Å². The summed E-state index contributed by atoms with van der Waals surface area (Å²) in [5.74, 6) is 0.775. The van der Waals surface area contributed by atoms with E-state index in [4.69, 9.17) is 10.2 Å². The molecule has 1 aromatic rings. The molecule has 1 aromatic carbocycles. The number of hydrogen-bond acceptors (Lipinski definition) is 2. The second kappa shape index (κ2) is 7.06. The minimum absolute atomic E-state index is 0. The summed E-state index contributed by atoms with van der Waals surface area (Å²) in [5, 5.41) is 0. The molecule has 0 unspecified atom stereocenters. The van der Waals surface area contributed by atoms with Crippen LogP contribution in [0.4, 0.5) is 8.78 Å². The van der Waals surface area contributed by atoms with Crippen LogP contribution in [0.15, 0.2) is 24.3 Å². The SMILES string of the molecule is C[Si](C)(C)Oc1ccc([C@@H](N)CC(F)F)cc1.Cl. The molecule has 0 aliphatic heterocycles. The van der Waals surface area contributed by atoms with Gasteiger partial charge in [-0.1, -0.05) is 12.1 Å². The highest BCUT2D eigenvalue weighted by molar-refractivity contribution is 6.70. The zero-order valence-electron chi connectivity index (χ0n) is 10.8. The van der Waals surface area contributed by atoms with E-state index in [1.165, 1.54) is 0 Å². The topological polar surface area (TPSA) is 35.2 Å². The highest BCUT2D eigenvalue weighted by atomic mass is 35.5. The minimum Gasteiger partial charge on any atom is -0.544 e. The molecule has 0 aliphatic carbocycles. The van der Waals surface area contributed by atoms with Gasteiger partial charge in [-0.05, 0) is 37.3 Å². The van der Waals surface area contributed by atoms with E-state index in [0.29, 0.717) is 5.56 Å². The monoisotopic (exact) mass is 295 g/mol. The lowest BCUT2D eigenvalue weighted by Crippen LogP contribution is -2.29. The summed E-state index contributed by atoms with van der Waals surface area (Å²) in [6.07, 6.45) is -2.68. The third-order valence-corrected chi connectivity index (χ3v) is 3.01. The molecular weight excluding hydrogens is 276 g/mol. The Kier molecular flexibility index (Phi) is 6.81. The number of benzene rings is 1. The molecule has 0 spiro atoms. The van der Waals surface area contributed by atoms with E-state index >= 15 is 0 Å². The van der Waals surface area contributed by atoms with Gasteiger partial charge >= 0.3 is 0 Å². The van der Waals surface area contributed by atoms with Gasteiger partial charge in [-0.25, -0.2) is 8.78 Å². The van der Waals surface area contributed by atoms with Crippen LogP contribution < -0.4 is 10.2 Å². The van der Waals surface area contributed by atoms with E-state index in [2.05, 4.69) is 19.6 Å². The summed E-state index contributed by atoms with van der Waals surface area (Å²) >= 11 is 0. The van der Waals surface area contributed by atoms with Crippen LogP contribution in [0.2, 0.25) is 19.6 Å². The van der Waals surface area contributed by atoms with Crippen LogP contribution in [0.5, 0.6) is 5.75 Å². The lowest BCUT2D eigenvalue weighted by molar-refractivity contribution is 0.128. The van der Waals surface area contributed by atoms with Crippen molar-refractivity contribution in [2.45, 2.75) is 38.5 Å². The lowest BCUT2D eigenvalue weighted by atomic mass is 10.1. The second-order valence-corrected chi connectivity index (χ2v) is 9.45. The molecule has 0 saturated carbocycles. The Labute approximate surface area is 114 Å². The fourth-order valence-electron chi connectivity index (χ4n) is 1.46. The summed E-state index contributed by atoms with van der Waals surface area (Å²) in [6.45, 7) is 6.26. The standard InChI is InChI=1S/C12H19F2NOSi.ClH/c1-17(2,3)16-10-6-4-9(5-7-10)11(15)8-12(13)14;/h4-7,11-12H,8,15H2,1-3H3;1H/t11-;/m0./s1. The van der Waals surface area contributed by atoms with Crippen LogP contribution in [0.25, 0.3) is 0 Å². The fraction of sp³-hybridized carbons (Fsp3) is 0.500. The lowest BCUT2D eigenvalue weighted by Gasteiger charge is -2.19. The number of alkyl halides is 2. The van der Waals surface area contributed by atoms with Gasteiger partial charge in [0.2, 0.25) is 14.7 Å². The van der Waals surface area contributed by atoms with Gasteiger partial charge in [0.05, 0.1) is 0 Å². The summed E-state index contributed by atoms with van der Waals surface area (Å²) in [5.41, 5.74) is 6.38. The van der Waals surface area contributed by atoms with Gasteiger partial charge < -0.3 is 10.2 Å². The molecule has 6 heteroatoms. The Balaban J connectivity index is 0.00000289. The Morgan fingerprint density at radius 3 is 2.06 bits per heavy atom. The van der Waals surface area contributed by atoms with Crippen LogP contribution in [0.1, 0.15) is 18.0 Å². The molecule has 0 radical (unpaired) electrons. The number of nitrogens with two attached hydrogens (primary N) is 1. The fourth-order valence-corrected chi connectivity index (χ4v) is 2.31. The van der Waals surface area contributed by atoms with Crippen LogP contribution in [0, 0.1) is 0 Å². The first kappa shape index (κ1) is 17.3. The largest absolute Gasteiger partial charge is 0.544 e. The zero-order valence-corrected chi connectivity index (χ0v) is 12.6. The van der Waals surface area contributed by atoms with Crippen molar-refractivity contribution >= 4 is 20.7 Å². The number of hydrogen-bond donors (Lipinski definition) is 1. The van der Waals surface area contributed by atoms with Gasteiger partial charge in [0, 0.05) is 12.5 Å². The summed E-state index contributed by atoms with van der Waals surface area (Å²) in [6, 6.07) is 6.47. The number of halogens is 3. The molecule has 0 bridgehead atoms. The normalized spacial score (nSPS) is 13.1. The molecule has 0 saturated heterocycles. The molecule has 1 rings (SSSR count). The Morgan fingerprint density at radius 1 is 1.17 bits per heavy atom. The van der Waals surface area contributed by atoms with Crippen molar-refractivity contribution in [3.63, 3.8) is 0 Å². The van der Waals surface area contributed by atoms with Crippen molar-refractivity contribution in [3.8, 4) is 5.75 Å². The molecule has 2 N–H and O–H groups in total. The first-order valence-corrected chi connectivity index (χ1v) is 9.01. The summed E-state index contributed by atoms with van der Waals surface area (Å²) in [4.78, 5) is 0. The van der Waals surface area contributed by atoms with Gasteiger partial charge in [-0.3, -0.25) is 0 Å². The summed E-state index contributed by atoms with van der Waals surface area (Å²) < 4.78 is 30.1. The van der Waals surface area contributed by atoms with Gasteiger partial charge in [0.15, 0.2) is 0 Å². The first-order valence-electron chi connectivity index (χ1n) is 5.60. The van der Waals surface area contributed by atoms with E-state index in [-0.39, 0.29) is 18.8 Å². The van der Waals surface area contributed by atoms with Crippen molar-refractivity contribution < 1.29 is 13.2 Å². The quantitative estimate of drug-likeness (QED) is 0.834. The molecule has 0 heterocycles. The van der Waals surface area contributed by atoms with Crippen molar-refractivity contribution in [2.24, 2.45) is 5.73 Å². The predicted molar refractivity (Wildman–Crippen MR) is 75.2 cm³/mol. The molecule has 0 amide bonds. The molecule has 1 atom stereocenters. The maximum Gasteiger partial charge on any atom is 0.242 e. The van der Waals surface area contributed by atoms with E-state index < -0.39 is 20.8 Å². The van der Waals surface area contributed by atoms with Crippen LogP contribution >= 0.6 is 12.4 Å². The minimum atomic E-state index is -2.37. The molecule has 2 nitrogen and oxygen atoms in total. The Bertz CT molecular complexity index is 354. The van der Waals surface area contributed by atoms with E-state index in [1.807, 2.05) is 0 Å². The average Bonchev–Trinajstić information content (AvgIpc) is 2.15. The van der Waals surface area contributed by atoms with E-state index in [1.54, 1.807) is 24.3 Å². The van der Waals surface area contributed by atoms with Crippen LogP contribution in [-0.2, 0) is 0 Å². The van der Waals surface area contributed by atoms with Crippen LogP contribution in [0.3, 0.4) is 0 Å². The maximum absolute atomic E-state index is 12.2. The average molecular weight is 296 g/mol. The maximum atomic E-state index is 12.2. The number of rotatable bonds is 5. The van der Waals surface area contributed by atoms with Crippen LogP contribution in [-0.4, -0.2) is 14.7 Å². The van der Waals surface area contributed by atoms with Crippen molar-refractivity contribution in [2.75, 3.05) is 0 Å². The Morgan fingerprint density at radius 2 is 1.67 bits per heavy atom. The van der Waals surface area contributed by atoms with Gasteiger partial charge in [0.1, 0.15) is 5.75 Å². The third kappa shape index (κ3) is 6.33. The molecule has 18 heavy (non-hydrogen) atoms. The zero-order chi connectivity index (χ0) is 13.1. The predicted octanol–water partition coefficient (Wildman–Crippen LogP) is 3.98. The molecule has 0 fully saturated rings. The molecule has 0 aromatic heterocycles. The van der Waals surface area contributed by atoms with Gasteiger partial charge in [-0.2, -0.15) is 0 Å². The Hall–Kier alpha value is -0.653. The van der Waals surface area contributed by atoms with E-state index in [9.17, 15) is 8.78 Å². The molecule has 104 valence electrons. The second-order valence-electron chi connectivity index (χ2n) is 5.02. The third-order valence-electron chi connectivity index (χ3n) is 2.16. The smallest absolute Gasteiger partial charge is 0.242 e. The molecular formula is C12H20ClF2NOSi. The van der Waals surface area contributed by atoms with Crippen molar-refractivity contribution in [1.29, 1.82) is 0 Å². The highest BCUT2D eigenvalue weighted by Gasteiger charge is 2.17. The summed E-state index contributed by atoms with van der Waals surface area (Å²) in [7, 11) is -1.62. The highest BCUT2D eigenvalue weighted by Crippen LogP contribution is 2.22. The molecule has 0 aliphatic rings. The van der Waals surface area contributed by atoms with Gasteiger partial charge in [0.25, 0.3) is 0 Å².